The molecule has 0 aromatic heterocycles. The van der Waals surface area contributed by atoms with E-state index in [9.17, 15) is 14.0 Å². The zero-order valence-electron chi connectivity index (χ0n) is 14.7. The van der Waals surface area contributed by atoms with Crippen molar-refractivity contribution in [2.45, 2.75) is 64.1 Å². The summed E-state index contributed by atoms with van der Waals surface area (Å²) in [5, 5.41) is 5.94. The van der Waals surface area contributed by atoms with Gasteiger partial charge in [0.25, 0.3) is 5.91 Å². The fraction of sp³-hybridized carbons (Fsp3) is 0.556. The lowest BCUT2D eigenvalue weighted by atomic mass is 9.91. The molecule has 1 aromatic carbocycles. The minimum absolute atomic E-state index is 0.00812. The van der Waals surface area contributed by atoms with Gasteiger partial charge in [-0.05, 0) is 64.7 Å². The van der Waals surface area contributed by atoms with Gasteiger partial charge in [0, 0.05) is 22.7 Å². The van der Waals surface area contributed by atoms with Crippen molar-refractivity contribution >= 4 is 23.6 Å². The third-order valence-electron chi connectivity index (χ3n) is 3.91. The Kier molecular flexibility index (Phi) is 6.27. The minimum Gasteiger partial charge on any atom is -0.444 e. The Morgan fingerprint density at radius 2 is 1.64 bits per heavy atom. The van der Waals surface area contributed by atoms with Gasteiger partial charge in [0.2, 0.25) is 0 Å². The van der Waals surface area contributed by atoms with Crippen LogP contribution in [-0.4, -0.2) is 29.7 Å². The Bertz CT molecular complexity index is 617. The van der Waals surface area contributed by atoms with Crippen molar-refractivity contribution in [2.24, 2.45) is 0 Å². The van der Waals surface area contributed by atoms with Crippen molar-refractivity contribution in [2.75, 3.05) is 0 Å². The van der Waals surface area contributed by atoms with Crippen molar-refractivity contribution in [3.05, 3.63) is 34.6 Å². The van der Waals surface area contributed by atoms with Gasteiger partial charge in [-0.1, -0.05) is 11.6 Å². The number of benzene rings is 1. The number of hydrogen-bond acceptors (Lipinski definition) is 3. The molecule has 0 unspecified atom stereocenters. The summed E-state index contributed by atoms with van der Waals surface area (Å²) < 4.78 is 18.6. The topological polar surface area (TPSA) is 67.4 Å². The molecule has 7 heteroatoms. The van der Waals surface area contributed by atoms with E-state index in [1.807, 2.05) is 20.8 Å². The molecule has 138 valence electrons. The molecule has 2 amide bonds. The molecule has 5 nitrogen and oxygen atoms in total. The van der Waals surface area contributed by atoms with Gasteiger partial charge in [-0.25, -0.2) is 9.18 Å². The monoisotopic (exact) mass is 370 g/mol. The number of amides is 2. The highest BCUT2D eigenvalue weighted by Gasteiger charge is 2.25. The maximum absolute atomic E-state index is 13.3. The van der Waals surface area contributed by atoms with E-state index in [-0.39, 0.29) is 28.6 Å². The van der Waals surface area contributed by atoms with Crippen LogP contribution >= 0.6 is 11.6 Å². The Hall–Kier alpha value is -1.82. The van der Waals surface area contributed by atoms with Crippen molar-refractivity contribution < 1.29 is 18.7 Å². The number of carbonyl (C=O) groups is 2. The summed E-state index contributed by atoms with van der Waals surface area (Å²) in [6.45, 7) is 5.45. The van der Waals surface area contributed by atoms with E-state index in [2.05, 4.69) is 10.6 Å². The lowest BCUT2D eigenvalue weighted by Gasteiger charge is -2.30. The van der Waals surface area contributed by atoms with Crippen LogP contribution in [0.4, 0.5) is 9.18 Å². The predicted octanol–water partition coefficient (Wildman–Crippen LogP) is 4.04. The lowest BCUT2D eigenvalue weighted by molar-refractivity contribution is 0.0488. The highest BCUT2D eigenvalue weighted by molar-refractivity contribution is 6.31. The number of ether oxygens (including phenoxy) is 1. The van der Waals surface area contributed by atoms with Gasteiger partial charge in [0.05, 0.1) is 0 Å². The summed E-state index contributed by atoms with van der Waals surface area (Å²) in [5.74, 6) is -0.882. The smallest absolute Gasteiger partial charge is 0.407 e. The first-order valence-electron chi connectivity index (χ1n) is 8.39. The van der Waals surface area contributed by atoms with Crippen molar-refractivity contribution in [3.8, 4) is 0 Å². The van der Waals surface area contributed by atoms with Crippen LogP contribution in [0.25, 0.3) is 0 Å². The van der Waals surface area contributed by atoms with Crippen LogP contribution in [0.3, 0.4) is 0 Å². The summed E-state index contributed by atoms with van der Waals surface area (Å²) in [7, 11) is 0. The van der Waals surface area contributed by atoms with Crippen LogP contribution in [0.5, 0.6) is 0 Å². The molecular formula is C18H24ClFN2O3. The summed E-state index contributed by atoms with van der Waals surface area (Å²) in [5.41, 5.74) is -0.319. The van der Waals surface area contributed by atoms with E-state index in [0.717, 1.165) is 37.8 Å². The number of halogens is 2. The van der Waals surface area contributed by atoms with E-state index in [1.165, 1.54) is 6.07 Å². The zero-order valence-corrected chi connectivity index (χ0v) is 15.5. The quantitative estimate of drug-likeness (QED) is 0.843. The van der Waals surface area contributed by atoms with Crippen LogP contribution in [0, 0.1) is 5.82 Å². The third-order valence-corrected chi connectivity index (χ3v) is 4.13. The molecule has 0 aliphatic heterocycles. The average Bonchev–Trinajstić information content (AvgIpc) is 2.46. The van der Waals surface area contributed by atoms with Crippen molar-refractivity contribution in [1.29, 1.82) is 0 Å². The van der Waals surface area contributed by atoms with E-state index in [0.29, 0.717) is 0 Å². The van der Waals surface area contributed by atoms with E-state index in [4.69, 9.17) is 16.3 Å². The Labute approximate surface area is 152 Å². The second-order valence-corrected chi connectivity index (χ2v) is 7.76. The largest absolute Gasteiger partial charge is 0.444 e. The fourth-order valence-electron chi connectivity index (χ4n) is 2.81. The van der Waals surface area contributed by atoms with Crippen LogP contribution in [0.2, 0.25) is 5.02 Å². The maximum atomic E-state index is 13.3. The van der Waals surface area contributed by atoms with Gasteiger partial charge in [-0.2, -0.15) is 0 Å². The number of carbonyl (C=O) groups excluding carboxylic acids is 2. The first-order valence-corrected chi connectivity index (χ1v) is 8.76. The van der Waals surface area contributed by atoms with Gasteiger partial charge < -0.3 is 15.4 Å². The summed E-state index contributed by atoms with van der Waals surface area (Å²) >= 11 is 5.78. The van der Waals surface area contributed by atoms with Crippen LogP contribution < -0.4 is 10.6 Å². The highest BCUT2D eigenvalue weighted by atomic mass is 35.5. The molecule has 0 radical (unpaired) electrons. The van der Waals surface area contributed by atoms with E-state index < -0.39 is 17.5 Å². The van der Waals surface area contributed by atoms with Gasteiger partial charge in [-0.15, -0.1) is 0 Å². The number of rotatable bonds is 3. The molecule has 0 spiro atoms. The molecule has 1 saturated carbocycles. The normalized spacial score (nSPS) is 20.7. The standard InChI is InChI=1S/C18H24ClFN2O3/c1-18(2,3)25-17(24)22-15-6-4-14(5-7-15)21-16(23)11-8-12(19)10-13(20)9-11/h8-10,14-15H,4-7H2,1-3H3,(H,21,23)(H,22,24). The maximum Gasteiger partial charge on any atom is 0.407 e. The average molecular weight is 371 g/mol. The van der Waals surface area contributed by atoms with Crippen LogP contribution in [-0.2, 0) is 4.74 Å². The van der Waals surface area contributed by atoms with Crippen molar-refractivity contribution in [3.63, 3.8) is 0 Å². The van der Waals surface area contributed by atoms with E-state index >= 15 is 0 Å². The Balaban J connectivity index is 1.80. The minimum atomic E-state index is -0.539. The number of nitrogens with one attached hydrogen (secondary N) is 2. The van der Waals surface area contributed by atoms with E-state index in [1.54, 1.807) is 0 Å². The molecule has 1 fully saturated rings. The Morgan fingerprint density at radius 3 is 2.16 bits per heavy atom. The summed E-state index contributed by atoms with van der Waals surface area (Å²) in [4.78, 5) is 24.0. The first-order chi connectivity index (χ1) is 11.6. The molecule has 0 bridgehead atoms. The van der Waals surface area contributed by atoms with Crippen molar-refractivity contribution in [1.82, 2.24) is 10.6 Å². The second kappa shape index (κ2) is 8.04. The molecule has 1 aliphatic carbocycles. The number of alkyl carbamates (subject to hydrolysis) is 1. The zero-order chi connectivity index (χ0) is 18.6. The molecule has 0 heterocycles. The third kappa shape index (κ3) is 6.53. The first kappa shape index (κ1) is 19.5. The molecule has 0 atom stereocenters. The molecular weight excluding hydrogens is 347 g/mol. The number of hydrogen-bond donors (Lipinski definition) is 2. The molecule has 1 aliphatic rings. The van der Waals surface area contributed by atoms with Gasteiger partial charge >= 0.3 is 6.09 Å². The molecule has 2 rings (SSSR count). The molecule has 2 N–H and O–H groups in total. The summed E-state index contributed by atoms with van der Waals surface area (Å²) in [6, 6.07) is 3.79. The molecule has 25 heavy (non-hydrogen) atoms. The molecule has 1 aromatic rings. The van der Waals surface area contributed by atoms with Gasteiger partial charge in [0.15, 0.2) is 0 Å². The summed E-state index contributed by atoms with van der Waals surface area (Å²) in [6.07, 6.45) is 2.53. The fourth-order valence-corrected chi connectivity index (χ4v) is 3.03. The highest BCUT2D eigenvalue weighted by Crippen LogP contribution is 2.20. The van der Waals surface area contributed by atoms with Gasteiger partial charge in [0.1, 0.15) is 11.4 Å². The SMILES string of the molecule is CC(C)(C)OC(=O)NC1CCC(NC(=O)c2cc(F)cc(Cl)c2)CC1. The lowest BCUT2D eigenvalue weighted by Crippen LogP contribution is -2.45. The Morgan fingerprint density at radius 1 is 1.08 bits per heavy atom. The van der Waals surface area contributed by atoms with Crippen LogP contribution in [0.15, 0.2) is 18.2 Å². The van der Waals surface area contributed by atoms with Crippen LogP contribution in [0.1, 0.15) is 56.8 Å². The van der Waals surface area contributed by atoms with Gasteiger partial charge in [-0.3, -0.25) is 4.79 Å². The predicted molar refractivity (Wildman–Crippen MR) is 94.3 cm³/mol. The molecule has 0 saturated heterocycles. The second-order valence-electron chi connectivity index (χ2n) is 7.33.